The average Bonchev–Trinajstić information content (AvgIpc) is 3.05. The van der Waals surface area contributed by atoms with Crippen LogP contribution in [-0.2, 0) is 0 Å². The van der Waals surface area contributed by atoms with E-state index in [0.29, 0.717) is 27.6 Å². The molecule has 0 aliphatic heterocycles. The van der Waals surface area contributed by atoms with Gasteiger partial charge in [-0.2, -0.15) is 0 Å². The molecule has 176 valence electrons. The molecule has 0 aromatic heterocycles. The molecular weight excluding hydrogens is 376 g/mol. The minimum absolute atomic E-state index is 0.0394. The third-order valence-corrected chi connectivity index (χ3v) is 13.3. The largest absolute Gasteiger partial charge is 0.393 e. The lowest BCUT2D eigenvalue weighted by Crippen LogP contribution is -2.62. The fourth-order valence-corrected chi connectivity index (χ4v) is 11.2. The van der Waals surface area contributed by atoms with Crippen molar-refractivity contribution in [1.82, 2.24) is 0 Å². The Labute approximate surface area is 192 Å². The van der Waals surface area contributed by atoms with Crippen LogP contribution in [0, 0.1) is 56.7 Å². The highest BCUT2D eigenvalue weighted by Crippen LogP contribution is 2.76. The monoisotopic (exact) mass is 426 g/mol. The van der Waals surface area contributed by atoms with Crippen molar-refractivity contribution in [2.45, 2.75) is 119 Å². The number of aliphatic hydroxyl groups is 1. The van der Waals surface area contributed by atoms with E-state index in [9.17, 15) is 5.11 Å². The quantitative estimate of drug-likeness (QED) is 0.421. The zero-order valence-corrected chi connectivity index (χ0v) is 21.9. The predicted molar refractivity (Wildman–Crippen MR) is 131 cm³/mol. The Kier molecular flexibility index (Phi) is 4.82. The molecule has 0 spiro atoms. The molecule has 0 saturated heterocycles. The van der Waals surface area contributed by atoms with Crippen molar-refractivity contribution in [2.75, 3.05) is 0 Å². The van der Waals surface area contributed by atoms with Gasteiger partial charge in [-0.1, -0.05) is 67.0 Å². The average molecular weight is 427 g/mol. The summed E-state index contributed by atoms with van der Waals surface area (Å²) in [5.74, 6) is 3.99. The summed E-state index contributed by atoms with van der Waals surface area (Å²) in [7, 11) is 0. The van der Waals surface area contributed by atoms with Gasteiger partial charge < -0.3 is 5.11 Å². The van der Waals surface area contributed by atoms with Gasteiger partial charge in [0.15, 0.2) is 0 Å². The van der Waals surface area contributed by atoms with Crippen LogP contribution < -0.4 is 0 Å². The molecule has 1 heteroatoms. The molecule has 0 radical (unpaired) electrons. The van der Waals surface area contributed by atoms with Gasteiger partial charge in [0, 0.05) is 0 Å². The Hall–Kier alpha value is -0.300. The first-order valence-electron chi connectivity index (χ1n) is 13.7. The van der Waals surface area contributed by atoms with E-state index in [1.165, 1.54) is 51.4 Å². The van der Waals surface area contributed by atoms with Crippen molar-refractivity contribution in [3.05, 3.63) is 11.6 Å². The zero-order chi connectivity index (χ0) is 22.6. The maximum Gasteiger partial charge on any atom is 0.0594 e. The van der Waals surface area contributed by atoms with Gasteiger partial charge in [0.25, 0.3) is 0 Å². The van der Waals surface area contributed by atoms with Crippen molar-refractivity contribution in [3.8, 4) is 0 Å². The summed E-state index contributed by atoms with van der Waals surface area (Å²) in [4.78, 5) is 0. The molecule has 0 aromatic carbocycles. The lowest BCUT2D eigenvalue weighted by atomic mass is 9.35. The summed E-state index contributed by atoms with van der Waals surface area (Å²) in [6.07, 6.45) is 14.5. The summed E-state index contributed by atoms with van der Waals surface area (Å²) in [5, 5.41) is 10.8. The SMILES string of the molecule is CC(C)[C@H]1CC[C@H]2C3(C)CCC4C(=CCC5C(C)(C)C(O)CCC45C)C3(C)CC[C@@]12C. The number of allylic oxidation sites excluding steroid dienone is 2. The lowest BCUT2D eigenvalue weighted by Gasteiger charge is -2.69. The summed E-state index contributed by atoms with van der Waals surface area (Å²) in [5.41, 5.74) is 3.65. The van der Waals surface area contributed by atoms with E-state index in [1.807, 2.05) is 5.57 Å². The Bertz CT molecular complexity index is 777. The summed E-state index contributed by atoms with van der Waals surface area (Å²) in [6, 6.07) is 0. The van der Waals surface area contributed by atoms with Crippen LogP contribution >= 0.6 is 0 Å². The fourth-order valence-electron chi connectivity index (χ4n) is 11.2. The molecule has 5 rings (SSSR count). The third-order valence-electron chi connectivity index (χ3n) is 13.3. The van der Waals surface area contributed by atoms with Crippen LogP contribution in [0.3, 0.4) is 0 Å². The van der Waals surface area contributed by atoms with E-state index in [-0.39, 0.29) is 11.5 Å². The van der Waals surface area contributed by atoms with E-state index >= 15 is 0 Å². The van der Waals surface area contributed by atoms with E-state index in [4.69, 9.17) is 0 Å². The van der Waals surface area contributed by atoms with Crippen LogP contribution in [0.2, 0.25) is 0 Å². The molecule has 5 aliphatic rings. The van der Waals surface area contributed by atoms with Crippen LogP contribution in [0.1, 0.15) is 113 Å². The number of aliphatic hydroxyl groups excluding tert-OH is 1. The molecule has 1 N–H and O–H groups in total. The maximum absolute atomic E-state index is 10.8. The molecule has 4 saturated carbocycles. The van der Waals surface area contributed by atoms with Crippen molar-refractivity contribution in [1.29, 1.82) is 0 Å². The van der Waals surface area contributed by atoms with Crippen molar-refractivity contribution < 1.29 is 5.11 Å². The van der Waals surface area contributed by atoms with Gasteiger partial charge in [-0.25, -0.2) is 0 Å². The van der Waals surface area contributed by atoms with Gasteiger partial charge in [0.2, 0.25) is 0 Å². The number of hydrogen-bond donors (Lipinski definition) is 1. The van der Waals surface area contributed by atoms with E-state index < -0.39 is 0 Å². The number of rotatable bonds is 1. The van der Waals surface area contributed by atoms with Crippen LogP contribution in [-0.4, -0.2) is 11.2 Å². The van der Waals surface area contributed by atoms with Gasteiger partial charge in [-0.15, -0.1) is 0 Å². The second kappa shape index (κ2) is 6.64. The molecular formula is C30H50O. The van der Waals surface area contributed by atoms with Crippen molar-refractivity contribution in [3.63, 3.8) is 0 Å². The highest BCUT2D eigenvalue weighted by Gasteiger charge is 2.68. The summed E-state index contributed by atoms with van der Waals surface area (Å²) in [6.45, 7) is 20.4. The molecule has 1 nitrogen and oxygen atoms in total. The normalized spacial score (nSPS) is 55.7. The zero-order valence-electron chi connectivity index (χ0n) is 21.9. The minimum atomic E-state index is -0.133. The molecule has 0 aromatic rings. The first-order chi connectivity index (χ1) is 14.3. The molecule has 0 bridgehead atoms. The Morgan fingerprint density at radius 1 is 0.806 bits per heavy atom. The highest BCUT2D eigenvalue weighted by atomic mass is 16.3. The fraction of sp³-hybridized carbons (Fsp3) is 0.933. The van der Waals surface area contributed by atoms with Crippen LogP contribution in [0.5, 0.6) is 0 Å². The van der Waals surface area contributed by atoms with Crippen LogP contribution in [0.25, 0.3) is 0 Å². The lowest BCUT2D eigenvalue weighted by molar-refractivity contribution is -0.159. The van der Waals surface area contributed by atoms with Crippen molar-refractivity contribution >= 4 is 0 Å². The molecule has 0 amide bonds. The third kappa shape index (κ3) is 2.60. The topological polar surface area (TPSA) is 20.2 Å². The summed E-state index contributed by atoms with van der Waals surface area (Å²) >= 11 is 0. The van der Waals surface area contributed by atoms with E-state index in [2.05, 4.69) is 61.5 Å². The first-order valence-corrected chi connectivity index (χ1v) is 13.7. The number of hydrogen-bond acceptors (Lipinski definition) is 1. The predicted octanol–water partition coefficient (Wildman–Crippen LogP) is 8.02. The van der Waals surface area contributed by atoms with Gasteiger partial charge in [0.05, 0.1) is 6.10 Å². The second-order valence-corrected chi connectivity index (χ2v) is 14.7. The first kappa shape index (κ1) is 22.5. The van der Waals surface area contributed by atoms with Crippen LogP contribution in [0.4, 0.5) is 0 Å². The Morgan fingerprint density at radius 2 is 1.52 bits per heavy atom. The highest BCUT2D eigenvalue weighted by molar-refractivity contribution is 5.33. The van der Waals surface area contributed by atoms with E-state index in [1.54, 1.807) is 0 Å². The summed E-state index contributed by atoms with van der Waals surface area (Å²) < 4.78 is 0. The minimum Gasteiger partial charge on any atom is -0.393 e. The van der Waals surface area contributed by atoms with Crippen molar-refractivity contribution in [2.24, 2.45) is 56.7 Å². The molecule has 5 aliphatic carbocycles. The van der Waals surface area contributed by atoms with Gasteiger partial charge in [-0.3, -0.25) is 0 Å². The molecule has 31 heavy (non-hydrogen) atoms. The maximum atomic E-state index is 10.8. The Morgan fingerprint density at radius 3 is 2.19 bits per heavy atom. The molecule has 4 fully saturated rings. The molecule has 9 atom stereocenters. The van der Waals surface area contributed by atoms with Crippen LogP contribution in [0.15, 0.2) is 11.6 Å². The molecule has 6 unspecified atom stereocenters. The second-order valence-electron chi connectivity index (χ2n) is 14.7. The van der Waals surface area contributed by atoms with Gasteiger partial charge in [0.1, 0.15) is 0 Å². The standard InChI is InChI=1S/C30H50O/c1-19(2)20-9-12-24-28(20,6)17-18-29(7)22-10-11-23-26(3,4)25(31)14-15-27(23,5)21(22)13-16-30(24,29)8/h10,19-21,23-25,31H,9,11-18H2,1-8H3/t20-,21?,23?,24-,25?,27?,28+,29?,30?/m1/s1. The Balaban J connectivity index is 1.55. The van der Waals surface area contributed by atoms with Gasteiger partial charge in [-0.05, 0) is 114 Å². The smallest absolute Gasteiger partial charge is 0.0594 e. The van der Waals surface area contributed by atoms with E-state index in [0.717, 1.165) is 30.1 Å². The number of fused-ring (bicyclic) bond motifs is 7. The molecule has 0 heterocycles. The van der Waals surface area contributed by atoms with Gasteiger partial charge >= 0.3 is 0 Å².